The zero-order chi connectivity index (χ0) is 14.8. The topological polar surface area (TPSA) is 54.3 Å². The number of hydrogen-bond donors (Lipinski definition) is 1. The first kappa shape index (κ1) is 16.3. The van der Waals surface area contributed by atoms with Gasteiger partial charge in [-0.05, 0) is 64.4 Å². The molecular weight excluding hydrogens is 252 g/mol. The Bertz CT molecular complexity index is 425. The van der Waals surface area contributed by atoms with E-state index < -0.39 is 5.54 Å². The Hall–Kier alpha value is -1.73. The minimum Gasteiger partial charge on any atom is -0.494 e. The Kier molecular flexibility index (Phi) is 6.89. The van der Waals surface area contributed by atoms with Crippen LogP contribution in [-0.2, 0) is 0 Å². The summed E-state index contributed by atoms with van der Waals surface area (Å²) in [5.74, 6) is 1.71. The fourth-order valence-corrected chi connectivity index (χ4v) is 1.81. The third-order valence-electron chi connectivity index (χ3n) is 3.27. The van der Waals surface area contributed by atoms with Gasteiger partial charge in [-0.2, -0.15) is 5.26 Å². The number of ether oxygens (including phenoxy) is 2. The van der Waals surface area contributed by atoms with Crippen LogP contribution in [0.15, 0.2) is 24.3 Å². The first-order chi connectivity index (χ1) is 9.63. The van der Waals surface area contributed by atoms with Crippen molar-refractivity contribution in [1.29, 1.82) is 5.26 Å². The van der Waals surface area contributed by atoms with E-state index in [1.54, 1.807) is 0 Å². The highest BCUT2D eigenvalue weighted by molar-refractivity contribution is 5.31. The molecular formula is C16H24N2O2. The van der Waals surface area contributed by atoms with Gasteiger partial charge in [0.05, 0.1) is 19.3 Å². The predicted octanol–water partition coefficient (Wildman–Crippen LogP) is 3.14. The molecule has 1 aromatic carbocycles. The van der Waals surface area contributed by atoms with E-state index in [4.69, 9.17) is 14.7 Å². The summed E-state index contributed by atoms with van der Waals surface area (Å²) in [6.45, 7) is 5.22. The molecule has 0 aromatic heterocycles. The second kappa shape index (κ2) is 8.44. The molecule has 4 nitrogen and oxygen atoms in total. The molecule has 0 saturated carbocycles. The monoisotopic (exact) mass is 276 g/mol. The fourth-order valence-electron chi connectivity index (χ4n) is 1.81. The molecule has 0 aliphatic carbocycles. The lowest BCUT2D eigenvalue weighted by molar-refractivity contribution is 0.296. The molecule has 0 radical (unpaired) electrons. The number of nitrogens with zero attached hydrogens (tertiary/aromatic N) is 1. The number of nitriles is 1. The van der Waals surface area contributed by atoms with E-state index in [-0.39, 0.29) is 0 Å². The van der Waals surface area contributed by atoms with Crippen LogP contribution in [-0.4, -0.2) is 25.8 Å². The molecule has 0 spiro atoms. The second-order valence-electron chi connectivity index (χ2n) is 4.90. The smallest absolute Gasteiger partial charge is 0.119 e. The fraction of sp³-hybridized carbons (Fsp3) is 0.562. The maximum Gasteiger partial charge on any atom is 0.119 e. The number of rotatable bonds is 9. The lowest BCUT2D eigenvalue weighted by Gasteiger charge is -2.20. The lowest BCUT2D eigenvalue weighted by atomic mass is 9.97. The van der Waals surface area contributed by atoms with E-state index in [1.165, 1.54) is 0 Å². The van der Waals surface area contributed by atoms with Crippen LogP contribution >= 0.6 is 0 Å². The van der Waals surface area contributed by atoms with Gasteiger partial charge in [0.2, 0.25) is 0 Å². The Labute approximate surface area is 121 Å². The predicted molar refractivity (Wildman–Crippen MR) is 80.0 cm³/mol. The quantitative estimate of drug-likeness (QED) is 0.704. The van der Waals surface area contributed by atoms with Gasteiger partial charge in [0.25, 0.3) is 0 Å². The Morgan fingerprint density at radius 1 is 1.15 bits per heavy atom. The van der Waals surface area contributed by atoms with Crippen molar-refractivity contribution >= 4 is 0 Å². The second-order valence-corrected chi connectivity index (χ2v) is 4.90. The third-order valence-corrected chi connectivity index (χ3v) is 3.27. The molecule has 1 aromatic rings. The highest BCUT2D eigenvalue weighted by Gasteiger charge is 2.19. The van der Waals surface area contributed by atoms with Gasteiger partial charge in [-0.1, -0.05) is 0 Å². The SMILES string of the molecule is CCOc1ccc(OCCCCC(C)(C#N)NC)cc1. The molecule has 1 atom stereocenters. The minimum absolute atomic E-state index is 0.431. The summed E-state index contributed by atoms with van der Waals surface area (Å²) in [6, 6.07) is 9.94. The number of unbranched alkanes of at least 4 members (excludes halogenated alkanes) is 1. The van der Waals surface area contributed by atoms with E-state index in [1.807, 2.05) is 45.2 Å². The van der Waals surface area contributed by atoms with Crippen LogP contribution < -0.4 is 14.8 Å². The third kappa shape index (κ3) is 5.50. The maximum atomic E-state index is 9.03. The average molecular weight is 276 g/mol. The summed E-state index contributed by atoms with van der Waals surface area (Å²) in [7, 11) is 1.82. The molecule has 0 heterocycles. The molecule has 110 valence electrons. The van der Waals surface area contributed by atoms with Crippen LogP contribution in [0.5, 0.6) is 11.5 Å². The van der Waals surface area contributed by atoms with E-state index in [0.29, 0.717) is 13.2 Å². The summed E-state index contributed by atoms with van der Waals surface area (Å²) in [4.78, 5) is 0. The van der Waals surface area contributed by atoms with Gasteiger partial charge >= 0.3 is 0 Å². The summed E-state index contributed by atoms with van der Waals surface area (Å²) in [5, 5.41) is 12.1. The van der Waals surface area contributed by atoms with E-state index in [9.17, 15) is 0 Å². The van der Waals surface area contributed by atoms with Gasteiger partial charge in [0.15, 0.2) is 0 Å². The number of benzene rings is 1. The molecule has 20 heavy (non-hydrogen) atoms. The van der Waals surface area contributed by atoms with Crippen molar-refractivity contribution in [2.45, 2.75) is 38.6 Å². The first-order valence-electron chi connectivity index (χ1n) is 7.09. The van der Waals surface area contributed by atoms with E-state index >= 15 is 0 Å². The minimum atomic E-state index is -0.431. The number of hydrogen-bond acceptors (Lipinski definition) is 4. The van der Waals surface area contributed by atoms with Gasteiger partial charge in [0.1, 0.15) is 17.0 Å². The molecule has 0 aliphatic heterocycles. The van der Waals surface area contributed by atoms with Crippen molar-refractivity contribution in [3.8, 4) is 17.6 Å². The molecule has 0 aliphatic rings. The van der Waals surface area contributed by atoms with Crippen LogP contribution in [0.2, 0.25) is 0 Å². The van der Waals surface area contributed by atoms with E-state index in [2.05, 4.69) is 11.4 Å². The van der Waals surface area contributed by atoms with Gasteiger partial charge in [-0.3, -0.25) is 0 Å². The van der Waals surface area contributed by atoms with Crippen molar-refractivity contribution in [2.75, 3.05) is 20.3 Å². The average Bonchev–Trinajstić information content (AvgIpc) is 2.48. The van der Waals surface area contributed by atoms with Crippen LogP contribution in [0.1, 0.15) is 33.1 Å². The molecule has 1 N–H and O–H groups in total. The first-order valence-corrected chi connectivity index (χ1v) is 7.09. The van der Waals surface area contributed by atoms with Gasteiger partial charge < -0.3 is 14.8 Å². The highest BCUT2D eigenvalue weighted by atomic mass is 16.5. The maximum absolute atomic E-state index is 9.03. The van der Waals surface area contributed by atoms with Crippen LogP contribution in [0.25, 0.3) is 0 Å². The van der Waals surface area contributed by atoms with Crippen molar-refractivity contribution < 1.29 is 9.47 Å². The van der Waals surface area contributed by atoms with Gasteiger partial charge in [-0.25, -0.2) is 0 Å². The van der Waals surface area contributed by atoms with Crippen molar-refractivity contribution in [1.82, 2.24) is 5.32 Å². The summed E-state index contributed by atoms with van der Waals surface area (Å²) >= 11 is 0. The largest absolute Gasteiger partial charge is 0.494 e. The standard InChI is InChI=1S/C16H24N2O2/c1-4-19-14-7-9-15(10-8-14)20-12-6-5-11-16(2,13-17)18-3/h7-10,18H,4-6,11-12H2,1-3H3. The molecule has 1 rings (SSSR count). The summed E-state index contributed by atoms with van der Waals surface area (Å²) in [6.07, 6.45) is 2.72. The van der Waals surface area contributed by atoms with E-state index in [0.717, 1.165) is 30.8 Å². The molecule has 0 fully saturated rings. The van der Waals surface area contributed by atoms with Crippen LogP contribution in [0.4, 0.5) is 0 Å². The molecule has 0 amide bonds. The molecule has 1 unspecified atom stereocenters. The zero-order valence-electron chi connectivity index (χ0n) is 12.6. The Balaban J connectivity index is 2.23. The lowest BCUT2D eigenvalue weighted by Crippen LogP contribution is -2.37. The van der Waals surface area contributed by atoms with Crippen molar-refractivity contribution in [3.63, 3.8) is 0 Å². The van der Waals surface area contributed by atoms with Crippen molar-refractivity contribution in [2.24, 2.45) is 0 Å². The molecule has 0 bridgehead atoms. The zero-order valence-corrected chi connectivity index (χ0v) is 12.6. The van der Waals surface area contributed by atoms with Gasteiger partial charge in [-0.15, -0.1) is 0 Å². The van der Waals surface area contributed by atoms with Gasteiger partial charge in [0, 0.05) is 0 Å². The number of nitrogens with one attached hydrogen (secondary N) is 1. The summed E-state index contributed by atoms with van der Waals surface area (Å²) < 4.78 is 11.0. The van der Waals surface area contributed by atoms with Crippen LogP contribution in [0, 0.1) is 11.3 Å². The summed E-state index contributed by atoms with van der Waals surface area (Å²) in [5.41, 5.74) is -0.431. The van der Waals surface area contributed by atoms with Crippen LogP contribution in [0.3, 0.4) is 0 Å². The molecule has 4 heteroatoms. The van der Waals surface area contributed by atoms with Crippen molar-refractivity contribution in [3.05, 3.63) is 24.3 Å². The normalized spacial score (nSPS) is 13.3. The molecule has 0 saturated heterocycles. The Morgan fingerprint density at radius 3 is 2.25 bits per heavy atom. The highest BCUT2D eigenvalue weighted by Crippen LogP contribution is 2.18. The Morgan fingerprint density at radius 2 is 1.75 bits per heavy atom.